The fourth-order valence-corrected chi connectivity index (χ4v) is 1.31. The lowest BCUT2D eigenvalue weighted by atomic mass is 10.1. The van der Waals surface area contributed by atoms with Crippen LogP contribution in [0.5, 0.6) is 5.75 Å². The second kappa shape index (κ2) is 7.28. The summed E-state index contributed by atoms with van der Waals surface area (Å²) in [4.78, 5) is 21.5. The Morgan fingerprint density at radius 2 is 1.90 bits per heavy atom. The van der Waals surface area contributed by atoms with E-state index in [-0.39, 0.29) is 0 Å². The Labute approximate surface area is 118 Å². The largest absolute Gasteiger partial charge is 0.493 e. The predicted molar refractivity (Wildman–Crippen MR) is 76.3 cm³/mol. The normalized spacial score (nSPS) is 11.3. The maximum absolute atomic E-state index is 11.0. The molecule has 1 aromatic carbocycles. The summed E-state index contributed by atoms with van der Waals surface area (Å²) in [5.41, 5.74) is 8.26. The minimum absolute atomic E-state index is 0.460. The van der Waals surface area contributed by atoms with Gasteiger partial charge in [-0.1, -0.05) is 13.8 Å². The average Bonchev–Trinajstić information content (AvgIpc) is 2.42. The fraction of sp³-hybridized carbons (Fsp3) is 0.357. The summed E-state index contributed by atoms with van der Waals surface area (Å²) >= 11 is 0. The number of carbonyl (C=O) groups excluding carboxylic acids is 2. The molecule has 0 aliphatic heterocycles. The molecule has 2 amide bonds. The van der Waals surface area contributed by atoms with E-state index in [9.17, 15) is 9.59 Å². The second-order valence-electron chi connectivity index (χ2n) is 4.73. The highest BCUT2D eigenvalue weighted by molar-refractivity contribution is 6.34. The molecule has 0 unspecified atom stereocenters. The number of benzene rings is 1. The van der Waals surface area contributed by atoms with Crippen LogP contribution in [0.1, 0.15) is 26.3 Å². The van der Waals surface area contributed by atoms with E-state index in [4.69, 9.17) is 10.5 Å². The van der Waals surface area contributed by atoms with Gasteiger partial charge in [0.25, 0.3) is 0 Å². The Hall–Kier alpha value is -2.37. The van der Waals surface area contributed by atoms with Crippen molar-refractivity contribution in [2.45, 2.75) is 20.8 Å². The van der Waals surface area contributed by atoms with E-state index in [1.807, 2.05) is 24.3 Å². The fourth-order valence-electron chi connectivity index (χ4n) is 1.31. The first-order valence-corrected chi connectivity index (χ1v) is 6.27. The second-order valence-corrected chi connectivity index (χ2v) is 4.73. The number of nitrogens with zero attached hydrogens (tertiary/aromatic N) is 1. The number of primary amides is 1. The van der Waals surface area contributed by atoms with Crippen molar-refractivity contribution >= 4 is 17.5 Å². The number of ether oxygens (including phenoxy) is 1. The Morgan fingerprint density at radius 3 is 2.40 bits per heavy atom. The highest BCUT2D eigenvalue weighted by Crippen LogP contribution is 2.13. The Bertz CT molecular complexity index is 507. The summed E-state index contributed by atoms with van der Waals surface area (Å²) in [5.74, 6) is -0.779. The van der Waals surface area contributed by atoms with Gasteiger partial charge >= 0.3 is 11.8 Å². The molecular weight excluding hydrogens is 258 g/mol. The highest BCUT2D eigenvalue weighted by Gasteiger charge is 2.07. The summed E-state index contributed by atoms with van der Waals surface area (Å²) in [6, 6.07) is 7.30. The van der Waals surface area contributed by atoms with Gasteiger partial charge in [-0.3, -0.25) is 9.59 Å². The summed E-state index contributed by atoms with van der Waals surface area (Å²) < 4.78 is 5.56. The number of hydrogen-bond donors (Lipinski definition) is 2. The maximum atomic E-state index is 11.0. The zero-order valence-electron chi connectivity index (χ0n) is 11.8. The van der Waals surface area contributed by atoms with Crippen LogP contribution in [-0.2, 0) is 9.59 Å². The molecule has 1 aromatic rings. The van der Waals surface area contributed by atoms with E-state index in [1.54, 1.807) is 6.92 Å². The highest BCUT2D eigenvalue weighted by atomic mass is 16.5. The van der Waals surface area contributed by atoms with Crippen molar-refractivity contribution in [3.63, 3.8) is 0 Å². The summed E-state index contributed by atoms with van der Waals surface area (Å²) in [6.07, 6.45) is 0. The molecule has 1 rings (SSSR count). The quantitative estimate of drug-likeness (QED) is 0.478. The number of nitrogens with two attached hydrogens (primary N) is 1. The molecule has 0 aliphatic carbocycles. The molecule has 20 heavy (non-hydrogen) atoms. The number of hydrogen-bond acceptors (Lipinski definition) is 4. The van der Waals surface area contributed by atoms with Crippen LogP contribution in [0.25, 0.3) is 0 Å². The van der Waals surface area contributed by atoms with Crippen molar-refractivity contribution in [2.75, 3.05) is 6.61 Å². The average molecular weight is 277 g/mol. The molecular formula is C14H19N3O3. The first kappa shape index (κ1) is 15.7. The minimum Gasteiger partial charge on any atom is -0.493 e. The van der Waals surface area contributed by atoms with Crippen molar-refractivity contribution in [2.24, 2.45) is 16.8 Å². The van der Waals surface area contributed by atoms with Crippen LogP contribution < -0.4 is 15.9 Å². The van der Waals surface area contributed by atoms with Crippen molar-refractivity contribution in [3.8, 4) is 5.75 Å². The van der Waals surface area contributed by atoms with Crippen molar-refractivity contribution in [1.82, 2.24) is 5.43 Å². The molecule has 0 fully saturated rings. The molecule has 3 N–H and O–H groups in total. The van der Waals surface area contributed by atoms with Crippen molar-refractivity contribution < 1.29 is 14.3 Å². The molecule has 6 heteroatoms. The van der Waals surface area contributed by atoms with Gasteiger partial charge in [0.05, 0.1) is 12.3 Å². The van der Waals surface area contributed by atoms with Gasteiger partial charge in [-0.25, -0.2) is 5.43 Å². The monoisotopic (exact) mass is 277 g/mol. The van der Waals surface area contributed by atoms with Crippen molar-refractivity contribution in [3.05, 3.63) is 29.8 Å². The molecule has 0 radical (unpaired) electrons. The predicted octanol–water partition coefficient (Wildman–Crippen LogP) is 1.05. The van der Waals surface area contributed by atoms with E-state index in [2.05, 4.69) is 24.4 Å². The summed E-state index contributed by atoms with van der Waals surface area (Å²) in [5, 5.41) is 3.79. The molecule has 0 saturated heterocycles. The Morgan fingerprint density at radius 1 is 1.30 bits per heavy atom. The molecule has 0 aliphatic rings. The van der Waals surface area contributed by atoms with Gasteiger partial charge in [-0.2, -0.15) is 5.10 Å². The van der Waals surface area contributed by atoms with Gasteiger partial charge in [-0.15, -0.1) is 0 Å². The SMILES string of the molecule is C/C(=N/NC(=O)C(N)=O)c1ccc(OCC(C)C)cc1. The van der Waals surface area contributed by atoms with Gasteiger partial charge in [0.15, 0.2) is 0 Å². The maximum Gasteiger partial charge on any atom is 0.329 e. The van der Waals surface area contributed by atoms with Crippen LogP contribution in [0.15, 0.2) is 29.4 Å². The molecule has 108 valence electrons. The lowest BCUT2D eigenvalue weighted by molar-refractivity contribution is -0.137. The Kier molecular flexibility index (Phi) is 5.71. The number of amides is 2. The first-order chi connectivity index (χ1) is 9.40. The number of nitrogens with one attached hydrogen (secondary N) is 1. The number of carbonyl (C=O) groups is 2. The van der Waals surface area contributed by atoms with Gasteiger partial charge < -0.3 is 10.5 Å². The molecule has 0 bridgehead atoms. The third kappa shape index (κ3) is 5.09. The minimum atomic E-state index is -1.07. The topological polar surface area (TPSA) is 93.8 Å². The van der Waals surface area contributed by atoms with E-state index in [0.717, 1.165) is 11.3 Å². The molecule has 0 spiro atoms. The van der Waals surface area contributed by atoms with Gasteiger partial charge in [-0.05, 0) is 42.7 Å². The van der Waals surface area contributed by atoms with Crippen LogP contribution in [0.4, 0.5) is 0 Å². The zero-order valence-corrected chi connectivity index (χ0v) is 11.8. The number of rotatable bonds is 5. The van der Waals surface area contributed by atoms with E-state index >= 15 is 0 Å². The molecule has 0 atom stereocenters. The molecule has 0 aromatic heterocycles. The smallest absolute Gasteiger partial charge is 0.329 e. The first-order valence-electron chi connectivity index (χ1n) is 6.27. The lowest BCUT2D eigenvalue weighted by Gasteiger charge is -2.09. The summed E-state index contributed by atoms with van der Waals surface area (Å²) in [6.45, 7) is 6.52. The van der Waals surface area contributed by atoms with Gasteiger partial charge in [0.1, 0.15) is 5.75 Å². The van der Waals surface area contributed by atoms with Crippen LogP contribution in [0.3, 0.4) is 0 Å². The van der Waals surface area contributed by atoms with E-state index in [1.165, 1.54) is 0 Å². The third-order valence-electron chi connectivity index (χ3n) is 2.40. The van der Waals surface area contributed by atoms with Crippen LogP contribution >= 0.6 is 0 Å². The standard InChI is InChI=1S/C14H19N3O3/c1-9(2)8-20-12-6-4-11(5-7-12)10(3)16-17-14(19)13(15)18/h4-7,9H,8H2,1-3H3,(H2,15,18)(H,17,19)/b16-10-. The van der Waals surface area contributed by atoms with E-state index < -0.39 is 11.8 Å². The molecule has 0 saturated carbocycles. The van der Waals surface area contributed by atoms with E-state index in [0.29, 0.717) is 18.2 Å². The Balaban J connectivity index is 2.65. The number of hydrazone groups is 1. The van der Waals surface area contributed by atoms with Gasteiger partial charge in [0, 0.05) is 0 Å². The zero-order chi connectivity index (χ0) is 15.1. The van der Waals surface area contributed by atoms with Crippen LogP contribution in [0, 0.1) is 5.92 Å². The van der Waals surface area contributed by atoms with Crippen molar-refractivity contribution in [1.29, 1.82) is 0 Å². The van der Waals surface area contributed by atoms with Crippen LogP contribution in [0.2, 0.25) is 0 Å². The molecule has 6 nitrogen and oxygen atoms in total. The molecule has 0 heterocycles. The third-order valence-corrected chi connectivity index (χ3v) is 2.40. The lowest BCUT2D eigenvalue weighted by Crippen LogP contribution is -2.33. The van der Waals surface area contributed by atoms with Crippen LogP contribution in [-0.4, -0.2) is 24.1 Å². The summed E-state index contributed by atoms with van der Waals surface area (Å²) in [7, 11) is 0. The van der Waals surface area contributed by atoms with Gasteiger partial charge in [0.2, 0.25) is 0 Å².